The van der Waals surface area contributed by atoms with Crippen molar-refractivity contribution in [3.63, 3.8) is 0 Å². The normalized spacial score (nSPS) is 11.9. The summed E-state index contributed by atoms with van der Waals surface area (Å²) in [4.78, 5) is 4.86. The van der Waals surface area contributed by atoms with E-state index in [9.17, 15) is 8.42 Å². The topological polar surface area (TPSA) is 106 Å². The summed E-state index contributed by atoms with van der Waals surface area (Å²) in [5.74, 6) is 0. The Kier molecular flexibility index (Phi) is 6.16. The van der Waals surface area contributed by atoms with Gasteiger partial charge in [-0.15, -0.1) is 0 Å². The summed E-state index contributed by atoms with van der Waals surface area (Å²) < 4.78 is 34.0. The molecule has 2 aromatic rings. The van der Waals surface area contributed by atoms with Crippen LogP contribution in [0.25, 0.3) is 0 Å². The van der Waals surface area contributed by atoms with Crippen LogP contribution in [-0.4, -0.2) is 32.7 Å². The van der Waals surface area contributed by atoms with Gasteiger partial charge in [0.25, 0.3) is 0 Å². The second-order valence-electron chi connectivity index (χ2n) is 4.42. The predicted octanol–water partition coefficient (Wildman–Crippen LogP) is 2.62. The third-order valence-corrected chi connectivity index (χ3v) is 4.06. The van der Waals surface area contributed by atoms with Gasteiger partial charge >= 0.3 is 15.5 Å². The van der Waals surface area contributed by atoms with Gasteiger partial charge < -0.3 is 4.90 Å². The van der Waals surface area contributed by atoms with Crippen LogP contribution in [0.3, 0.4) is 0 Å². The molecule has 0 aliphatic carbocycles. The molecule has 2 rings (SSSR count). The molecule has 124 valence electrons. The van der Waals surface area contributed by atoms with Crippen LogP contribution in [0.2, 0.25) is 0 Å². The average Bonchev–Trinajstić information content (AvgIpc) is 3.03. The number of aromatic nitrogens is 1. The van der Waals surface area contributed by atoms with E-state index in [0.29, 0.717) is 23.9 Å². The second-order valence-corrected chi connectivity index (χ2v) is 6.40. The summed E-state index contributed by atoms with van der Waals surface area (Å²) in [7, 11) is -4.40. The summed E-state index contributed by atoms with van der Waals surface area (Å²) in [6.07, 6.45) is 1.79. The summed E-state index contributed by atoms with van der Waals surface area (Å²) in [6.45, 7) is 2.82. The van der Waals surface area contributed by atoms with Gasteiger partial charge in [-0.05, 0) is 47.6 Å². The van der Waals surface area contributed by atoms with E-state index in [0.717, 1.165) is 5.69 Å². The zero-order valence-corrected chi connectivity index (χ0v) is 14.0. The first-order chi connectivity index (χ1) is 11.0. The van der Waals surface area contributed by atoms with Crippen LogP contribution in [0.4, 0.5) is 16.5 Å². The number of nitrogens with one attached hydrogen (secondary N) is 1. The zero-order chi connectivity index (χ0) is 16.7. The fraction of sp³-hybridized carbons (Fsp3) is 0.308. The molecule has 10 heteroatoms. The van der Waals surface area contributed by atoms with Gasteiger partial charge in [0.2, 0.25) is 0 Å². The minimum Gasteiger partial charge on any atom is -0.369 e. The maximum absolute atomic E-state index is 10.5. The summed E-state index contributed by atoms with van der Waals surface area (Å²) in [5, 5.41) is 10.8. The first-order valence-corrected chi connectivity index (χ1v) is 9.06. The van der Waals surface area contributed by atoms with Crippen molar-refractivity contribution in [2.75, 3.05) is 24.6 Å². The highest BCUT2D eigenvalue weighted by molar-refractivity contribution is 7.80. The number of likely N-dealkylation sites (N-methyl/N-ethyl adjacent to an activating group) is 1. The Morgan fingerprint density at radius 3 is 2.61 bits per heavy atom. The Hall–Kier alpha value is -1.88. The Labute approximate surface area is 138 Å². The van der Waals surface area contributed by atoms with Crippen LogP contribution in [0.5, 0.6) is 0 Å². The predicted molar refractivity (Wildman–Crippen MR) is 86.9 cm³/mol. The van der Waals surface area contributed by atoms with Crippen molar-refractivity contribution in [1.82, 2.24) is 0 Å². The minimum atomic E-state index is -4.40. The lowest BCUT2D eigenvalue weighted by Gasteiger charge is -2.22. The maximum Gasteiger partial charge on any atom is 0.406 e. The van der Waals surface area contributed by atoms with E-state index in [4.69, 9.17) is 4.55 Å². The van der Waals surface area contributed by atoms with E-state index in [1.807, 2.05) is 41.5 Å². The zero-order valence-electron chi connectivity index (χ0n) is 12.4. The van der Waals surface area contributed by atoms with Gasteiger partial charge in [0.1, 0.15) is 5.69 Å². The van der Waals surface area contributed by atoms with Crippen LogP contribution >= 0.6 is 11.3 Å². The number of aromatic amines is 1. The van der Waals surface area contributed by atoms with Gasteiger partial charge in [0.05, 0.1) is 17.9 Å². The fourth-order valence-corrected chi connectivity index (χ4v) is 2.62. The summed E-state index contributed by atoms with van der Waals surface area (Å²) in [5.41, 5.74) is 1.61. The molecule has 1 aromatic carbocycles. The van der Waals surface area contributed by atoms with Gasteiger partial charge in [-0.25, -0.2) is 9.17 Å². The van der Waals surface area contributed by atoms with Crippen molar-refractivity contribution in [2.24, 2.45) is 10.2 Å². The van der Waals surface area contributed by atoms with Crippen molar-refractivity contribution in [2.45, 2.75) is 6.92 Å². The first kappa shape index (κ1) is 17.5. The third-order valence-electron chi connectivity index (χ3n) is 2.90. The molecule has 0 spiro atoms. The second kappa shape index (κ2) is 8.11. The van der Waals surface area contributed by atoms with Crippen LogP contribution in [0.1, 0.15) is 6.92 Å². The number of anilines is 1. The lowest BCUT2D eigenvalue weighted by Crippen LogP contribution is -2.27. The average molecular weight is 357 g/mol. The number of H-pyrrole nitrogens is 1. The number of rotatable bonds is 8. The van der Waals surface area contributed by atoms with Crippen molar-refractivity contribution in [1.29, 1.82) is 0 Å². The molecule has 1 aromatic heterocycles. The van der Waals surface area contributed by atoms with Gasteiger partial charge in [0, 0.05) is 24.2 Å². The lowest BCUT2D eigenvalue weighted by molar-refractivity contribution is -0.356. The van der Waals surface area contributed by atoms with Crippen LogP contribution in [0.15, 0.2) is 46.1 Å². The molecule has 0 amide bonds. The Bertz CT molecular complexity index is 730. The van der Waals surface area contributed by atoms with Crippen molar-refractivity contribution < 1.29 is 22.1 Å². The van der Waals surface area contributed by atoms with Crippen molar-refractivity contribution >= 4 is 38.2 Å². The van der Waals surface area contributed by atoms with E-state index in [-0.39, 0.29) is 6.61 Å². The molecule has 2 N–H and O–H groups in total. The van der Waals surface area contributed by atoms with Crippen molar-refractivity contribution in [3.8, 4) is 0 Å². The fourth-order valence-electron chi connectivity index (χ4n) is 1.85. The number of benzene rings is 1. The number of azo groups is 1. The molecule has 0 aliphatic heterocycles. The summed E-state index contributed by atoms with van der Waals surface area (Å²) >= 11 is 1.46. The van der Waals surface area contributed by atoms with Crippen LogP contribution in [0, 0.1) is 0 Å². The standard InChI is InChI=1S/C13H16N4O4S2/c1-2-17(8-9-21-23(18,19)20)12-5-3-11(4-6-12)15-16-13-14-7-10-22-13/h3-7,10H,2,8-9H2,1H3,(H,18,19,20)/p+1. The molecule has 8 nitrogen and oxygen atoms in total. The van der Waals surface area contributed by atoms with Crippen LogP contribution in [-0.2, 0) is 14.6 Å². The number of hydrogen-bond donors (Lipinski definition) is 1. The van der Waals surface area contributed by atoms with Gasteiger partial charge in [-0.2, -0.15) is 8.42 Å². The highest BCUT2D eigenvalue weighted by Gasteiger charge is 2.09. The van der Waals surface area contributed by atoms with E-state index in [1.54, 1.807) is 6.20 Å². The summed E-state index contributed by atoms with van der Waals surface area (Å²) in [6, 6.07) is 7.37. The van der Waals surface area contributed by atoms with Gasteiger partial charge in [-0.3, -0.25) is 4.55 Å². The number of hydrogen-bond acceptors (Lipinski definition) is 7. The Balaban J connectivity index is 1.96. The molecule has 0 saturated heterocycles. The molecular weight excluding hydrogens is 340 g/mol. The van der Waals surface area contributed by atoms with Gasteiger partial charge in [0.15, 0.2) is 0 Å². The Morgan fingerprint density at radius 2 is 2.04 bits per heavy atom. The highest BCUT2D eigenvalue weighted by Crippen LogP contribution is 2.22. The third kappa shape index (κ3) is 6.02. The number of thiazole rings is 1. The quantitative estimate of drug-likeness (QED) is 0.577. The smallest absolute Gasteiger partial charge is 0.369 e. The minimum absolute atomic E-state index is 0.123. The molecule has 0 atom stereocenters. The first-order valence-electron chi connectivity index (χ1n) is 6.81. The van der Waals surface area contributed by atoms with E-state index in [1.165, 1.54) is 11.3 Å². The molecule has 0 aliphatic rings. The lowest BCUT2D eigenvalue weighted by atomic mass is 10.2. The SMILES string of the molecule is CCN(CCOS(=O)(=O)O)c1ccc(N=Nc2[nH+]ccs2)cc1. The molecule has 0 fully saturated rings. The molecule has 23 heavy (non-hydrogen) atoms. The molecule has 1 heterocycles. The largest absolute Gasteiger partial charge is 0.406 e. The maximum atomic E-state index is 10.5. The number of nitrogens with zero attached hydrogens (tertiary/aromatic N) is 3. The van der Waals surface area contributed by atoms with Gasteiger partial charge in [-0.1, -0.05) is 0 Å². The molecular formula is C13H17N4O4S2+. The Morgan fingerprint density at radius 1 is 1.30 bits per heavy atom. The van der Waals surface area contributed by atoms with E-state index < -0.39 is 10.4 Å². The molecule has 0 bridgehead atoms. The van der Waals surface area contributed by atoms with Crippen LogP contribution < -0.4 is 9.88 Å². The monoisotopic (exact) mass is 357 g/mol. The van der Waals surface area contributed by atoms with E-state index in [2.05, 4.69) is 19.4 Å². The molecule has 0 radical (unpaired) electrons. The van der Waals surface area contributed by atoms with Crippen molar-refractivity contribution in [3.05, 3.63) is 35.8 Å². The molecule has 0 unspecified atom stereocenters. The molecule has 0 saturated carbocycles. The van der Waals surface area contributed by atoms with E-state index >= 15 is 0 Å². The highest BCUT2D eigenvalue weighted by atomic mass is 32.3.